The molecule has 2 aliphatic heterocycles. The number of likely N-dealkylation sites (tertiary alicyclic amines) is 2. The summed E-state index contributed by atoms with van der Waals surface area (Å²) in [6.07, 6.45) is 2.82. The lowest BCUT2D eigenvalue weighted by molar-refractivity contribution is -0.137. The second kappa shape index (κ2) is 25.0. The van der Waals surface area contributed by atoms with E-state index in [1.165, 1.54) is 12.4 Å². The fraction of sp³-hybridized carbons (Fsp3) is 0.638. The fourth-order valence-electron chi connectivity index (χ4n) is 9.02. The lowest BCUT2D eigenvalue weighted by Crippen LogP contribution is -2.59. The van der Waals surface area contributed by atoms with Gasteiger partial charge in [0, 0.05) is 62.3 Å². The first kappa shape index (κ1) is 52.3. The van der Waals surface area contributed by atoms with Crippen molar-refractivity contribution in [2.24, 2.45) is 5.92 Å². The molecule has 1 aromatic carbocycles. The van der Waals surface area contributed by atoms with E-state index in [4.69, 9.17) is 23.7 Å². The van der Waals surface area contributed by atoms with Crippen LogP contribution in [0.3, 0.4) is 0 Å². The first-order chi connectivity index (χ1) is 32.6. The SMILES string of the molecule is CN1C(=O)C[C@H](C(=O)NCCOCCOCCOCCOCCOCCC(=O)N[C@@H]2C[C@H](NC(C)(C)C)CC[C@@H]2N2CC[C@H](Nc3ncnc4ccc(C(F)(F)F)cc34)C2=O)[C@H]1c1cccnc1. The Morgan fingerprint density at radius 3 is 2.18 bits per heavy atom. The molecule has 3 fully saturated rings. The van der Waals surface area contributed by atoms with Gasteiger partial charge in [-0.25, -0.2) is 9.97 Å². The zero-order valence-corrected chi connectivity index (χ0v) is 39.4. The number of halogens is 3. The molecule has 2 aromatic heterocycles. The van der Waals surface area contributed by atoms with Crippen molar-refractivity contribution in [1.29, 1.82) is 0 Å². The predicted octanol–water partition coefficient (Wildman–Crippen LogP) is 3.66. The van der Waals surface area contributed by atoms with Crippen molar-refractivity contribution in [3.63, 3.8) is 0 Å². The number of pyridine rings is 1. The van der Waals surface area contributed by atoms with E-state index in [0.29, 0.717) is 97.3 Å². The first-order valence-corrected chi connectivity index (χ1v) is 23.4. The average molecular weight is 958 g/mol. The van der Waals surface area contributed by atoms with E-state index >= 15 is 0 Å². The van der Waals surface area contributed by atoms with Crippen molar-refractivity contribution in [3.8, 4) is 0 Å². The Morgan fingerprint density at radius 1 is 0.853 bits per heavy atom. The standard InChI is InChI=1S/C47H66F3N9O9/c1-46(2,3)57-33-8-10-39(59-15-11-37(45(59)63)56-43-34-26-32(47(48,49)50)7-9-36(34)53-30-54-43)38(27-33)55-40(60)12-16-64-18-20-66-22-24-68-25-23-67-21-19-65-17-14-52-44(62)35-28-41(61)58(4)42(35)31-6-5-13-51-29-31/h5-7,9,13,26,29-30,33,35,37-39,42,57H,8,10-12,14-25,27-28H2,1-4H3,(H,52,62)(H,55,60)(H,53,54,56)/t33-,35+,37+,38-,39+,42-/m1/s1. The van der Waals surface area contributed by atoms with Crippen molar-refractivity contribution in [2.75, 3.05) is 91.5 Å². The summed E-state index contributed by atoms with van der Waals surface area (Å²) < 4.78 is 68.5. The van der Waals surface area contributed by atoms with Gasteiger partial charge in [-0.2, -0.15) is 13.2 Å². The fourth-order valence-corrected chi connectivity index (χ4v) is 9.02. The number of benzene rings is 1. The van der Waals surface area contributed by atoms with Crippen LogP contribution in [0.4, 0.5) is 19.0 Å². The molecule has 4 N–H and O–H groups in total. The lowest BCUT2D eigenvalue weighted by Gasteiger charge is -2.43. The Labute approximate surface area is 395 Å². The third-order valence-corrected chi connectivity index (χ3v) is 12.2. The highest BCUT2D eigenvalue weighted by molar-refractivity contribution is 5.93. The molecular formula is C47H66F3N9O9. The van der Waals surface area contributed by atoms with E-state index in [9.17, 15) is 32.3 Å². The van der Waals surface area contributed by atoms with Crippen LogP contribution >= 0.6 is 0 Å². The highest BCUT2D eigenvalue weighted by atomic mass is 19.4. The van der Waals surface area contributed by atoms with Gasteiger partial charge in [0.2, 0.25) is 23.6 Å². The number of aromatic nitrogens is 3. The van der Waals surface area contributed by atoms with Crippen LogP contribution in [0.2, 0.25) is 0 Å². The topological polar surface area (TPSA) is 208 Å². The van der Waals surface area contributed by atoms with E-state index in [0.717, 1.165) is 24.1 Å². The summed E-state index contributed by atoms with van der Waals surface area (Å²) >= 11 is 0. The van der Waals surface area contributed by atoms with Crippen LogP contribution in [0.15, 0.2) is 49.1 Å². The molecule has 374 valence electrons. The number of nitrogens with one attached hydrogen (secondary N) is 4. The summed E-state index contributed by atoms with van der Waals surface area (Å²) in [5.74, 6) is -0.996. The second-order valence-electron chi connectivity index (χ2n) is 18.3. The summed E-state index contributed by atoms with van der Waals surface area (Å²) in [5, 5.41) is 13.0. The largest absolute Gasteiger partial charge is 0.416 e. The zero-order chi connectivity index (χ0) is 48.7. The van der Waals surface area contributed by atoms with Gasteiger partial charge in [0.05, 0.1) is 101 Å². The van der Waals surface area contributed by atoms with Gasteiger partial charge in [0.25, 0.3) is 0 Å². The minimum Gasteiger partial charge on any atom is -0.379 e. The molecule has 18 nitrogen and oxygen atoms in total. The van der Waals surface area contributed by atoms with Crippen LogP contribution in [-0.4, -0.2) is 164 Å². The Balaban J connectivity index is 0.807. The number of ether oxygens (including phenoxy) is 5. The van der Waals surface area contributed by atoms with Gasteiger partial charge in [-0.3, -0.25) is 24.2 Å². The number of carbonyl (C=O) groups is 4. The molecule has 0 radical (unpaired) electrons. The van der Waals surface area contributed by atoms with Gasteiger partial charge in [-0.1, -0.05) is 6.07 Å². The van der Waals surface area contributed by atoms with E-state index in [-0.39, 0.29) is 84.0 Å². The highest BCUT2D eigenvalue weighted by Gasteiger charge is 2.44. The average Bonchev–Trinajstić information content (AvgIpc) is 3.81. The van der Waals surface area contributed by atoms with Gasteiger partial charge >= 0.3 is 6.18 Å². The number of rotatable bonds is 25. The second-order valence-corrected chi connectivity index (χ2v) is 18.3. The van der Waals surface area contributed by atoms with E-state index in [2.05, 4.69) is 57.0 Å². The molecule has 3 aliphatic rings. The van der Waals surface area contributed by atoms with Gasteiger partial charge < -0.3 is 54.8 Å². The number of amides is 4. The Bertz CT molecular complexity index is 2120. The molecule has 1 saturated carbocycles. The van der Waals surface area contributed by atoms with E-state index in [1.54, 1.807) is 35.3 Å². The number of nitrogens with zero attached hydrogens (tertiary/aromatic N) is 5. The molecule has 1 aliphatic carbocycles. The molecule has 3 aromatic rings. The van der Waals surface area contributed by atoms with Crippen molar-refractivity contribution < 1.29 is 56.0 Å². The highest BCUT2D eigenvalue weighted by Crippen LogP contribution is 2.37. The van der Waals surface area contributed by atoms with Crippen LogP contribution in [0.25, 0.3) is 10.9 Å². The lowest BCUT2D eigenvalue weighted by atomic mass is 9.84. The molecule has 21 heteroatoms. The molecule has 4 heterocycles. The maximum Gasteiger partial charge on any atom is 0.416 e. The minimum absolute atomic E-state index is 0.0799. The molecule has 0 bridgehead atoms. The predicted molar refractivity (Wildman–Crippen MR) is 244 cm³/mol. The molecule has 68 heavy (non-hydrogen) atoms. The first-order valence-electron chi connectivity index (χ1n) is 23.4. The maximum atomic E-state index is 13.9. The number of anilines is 1. The molecule has 4 amide bonds. The Morgan fingerprint density at radius 2 is 1.53 bits per heavy atom. The molecule has 0 unspecified atom stereocenters. The molecule has 2 saturated heterocycles. The van der Waals surface area contributed by atoms with Crippen molar-refractivity contribution in [2.45, 2.75) is 101 Å². The maximum absolute atomic E-state index is 13.9. The third kappa shape index (κ3) is 15.2. The molecule has 0 spiro atoms. The number of hydrogen-bond donors (Lipinski definition) is 4. The van der Waals surface area contributed by atoms with Crippen molar-refractivity contribution in [3.05, 3.63) is 60.2 Å². The molecule has 6 rings (SSSR count). The summed E-state index contributed by atoms with van der Waals surface area (Å²) in [6, 6.07) is 5.39. The summed E-state index contributed by atoms with van der Waals surface area (Å²) in [7, 11) is 1.70. The molecular weight excluding hydrogens is 892 g/mol. The van der Waals surface area contributed by atoms with Crippen molar-refractivity contribution >= 4 is 40.3 Å². The van der Waals surface area contributed by atoms with E-state index in [1.807, 2.05) is 6.07 Å². The quantitative estimate of drug-likeness (QED) is 0.0895. The smallest absolute Gasteiger partial charge is 0.379 e. The third-order valence-electron chi connectivity index (χ3n) is 12.2. The Hall–Kier alpha value is -5.06. The molecule has 6 atom stereocenters. The van der Waals surface area contributed by atoms with Gasteiger partial charge in [-0.15, -0.1) is 0 Å². The van der Waals surface area contributed by atoms with E-state index < -0.39 is 23.7 Å². The Kier molecular flexibility index (Phi) is 19.2. The zero-order valence-electron chi connectivity index (χ0n) is 39.4. The minimum atomic E-state index is -4.55. The number of hydrogen-bond acceptors (Lipinski definition) is 14. The van der Waals surface area contributed by atoms with Crippen LogP contribution in [0, 0.1) is 5.92 Å². The summed E-state index contributed by atoms with van der Waals surface area (Å²) in [4.78, 5) is 68.1. The van der Waals surface area contributed by atoms with Gasteiger partial charge in [0.15, 0.2) is 0 Å². The van der Waals surface area contributed by atoms with Crippen LogP contribution in [0.5, 0.6) is 0 Å². The number of carbonyl (C=O) groups excluding carboxylic acids is 4. The normalized spacial score (nSPS) is 22.3. The monoisotopic (exact) mass is 957 g/mol. The summed E-state index contributed by atoms with van der Waals surface area (Å²) in [5.41, 5.74) is 0.172. The van der Waals surface area contributed by atoms with Crippen molar-refractivity contribution in [1.82, 2.24) is 40.7 Å². The number of alkyl halides is 3. The summed E-state index contributed by atoms with van der Waals surface area (Å²) in [6.45, 7) is 10.3. The number of fused-ring (bicyclic) bond motifs is 1. The van der Waals surface area contributed by atoms with Gasteiger partial charge in [0.1, 0.15) is 18.2 Å². The van der Waals surface area contributed by atoms with Crippen LogP contribution < -0.4 is 21.3 Å². The van der Waals surface area contributed by atoms with Crippen LogP contribution in [-0.2, 0) is 49.0 Å². The van der Waals surface area contributed by atoms with Gasteiger partial charge in [-0.05, 0) is 76.3 Å². The van der Waals surface area contributed by atoms with Crippen LogP contribution in [0.1, 0.15) is 76.5 Å².